The Morgan fingerprint density at radius 2 is 2.08 bits per heavy atom. The van der Waals surface area contributed by atoms with Gasteiger partial charge in [-0.2, -0.15) is 0 Å². The fraction of sp³-hybridized carbons (Fsp3) is 0.636. The predicted octanol–water partition coefficient (Wildman–Crippen LogP) is 3.98. The van der Waals surface area contributed by atoms with Crippen molar-refractivity contribution >= 4 is 11.6 Å². The van der Waals surface area contributed by atoms with Gasteiger partial charge in [-0.15, -0.1) is 0 Å². The molecular weight excluding hydrogens is 182 g/mol. The molecule has 0 fully saturated rings. The molecule has 0 amide bonds. The highest BCUT2D eigenvalue weighted by molar-refractivity contribution is 6.31. The molecule has 74 valence electrons. The smallest absolute Gasteiger partial charge is 0.0620 e. The molecule has 0 N–H and O–H groups in total. The van der Waals surface area contributed by atoms with Crippen LogP contribution in [0.15, 0.2) is 6.07 Å². The van der Waals surface area contributed by atoms with Crippen LogP contribution in [0.1, 0.15) is 44.5 Å². The lowest BCUT2D eigenvalue weighted by atomic mass is 10.1. The minimum atomic E-state index is 0.557. The summed E-state index contributed by atoms with van der Waals surface area (Å²) < 4.78 is 2.30. The Labute approximate surface area is 85.7 Å². The van der Waals surface area contributed by atoms with Crippen molar-refractivity contribution in [2.75, 3.05) is 0 Å². The second kappa shape index (κ2) is 4.19. The number of halogens is 1. The van der Waals surface area contributed by atoms with Gasteiger partial charge in [0.2, 0.25) is 0 Å². The first kappa shape index (κ1) is 10.6. The third-order valence-corrected chi connectivity index (χ3v) is 2.99. The quantitative estimate of drug-likeness (QED) is 0.694. The number of rotatable bonds is 3. The molecule has 1 unspecified atom stereocenters. The van der Waals surface area contributed by atoms with E-state index in [-0.39, 0.29) is 0 Å². The maximum atomic E-state index is 6.18. The summed E-state index contributed by atoms with van der Waals surface area (Å²) in [4.78, 5) is 0. The van der Waals surface area contributed by atoms with Crippen LogP contribution >= 0.6 is 11.6 Å². The Hall–Kier alpha value is -0.430. The Balaban J connectivity index is 3.16. The Morgan fingerprint density at radius 1 is 1.46 bits per heavy atom. The van der Waals surface area contributed by atoms with E-state index in [0.717, 1.165) is 18.0 Å². The van der Waals surface area contributed by atoms with Gasteiger partial charge in [-0.3, -0.25) is 0 Å². The Morgan fingerprint density at radius 3 is 2.54 bits per heavy atom. The maximum absolute atomic E-state index is 6.18. The van der Waals surface area contributed by atoms with Crippen LogP contribution in [-0.4, -0.2) is 4.57 Å². The molecule has 0 radical (unpaired) electrons. The Bertz CT molecular complexity index is 289. The molecule has 1 rings (SSSR count). The minimum absolute atomic E-state index is 0.557. The number of aryl methyl sites for hydroxylation is 1. The maximum Gasteiger partial charge on any atom is 0.0620 e. The van der Waals surface area contributed by atoms with E-state index in [2.05, 4.69) is 38.3 Å². The molecule has 0 aliphatic rings. The van der Waals surface area contributed by atoms with Crippen molar-refractivity contribution in [1.29, 1.82) is 0 Å². The SMILES string of the molecule is CCC(C)c1c(Cl)cc(C)n1CC. The van der Waals surface area contributed by atoms with E-state index in [9.17, 15) is 0 Å². The van der Waals surface area contributed by atoms with Crippen molar-refractivity contribution < 1.29 is 0 Å². The molecule has 0 spiro atoms. The molecule has 13 heavy (non-hydrogen) atoms. The second-order valence-corrected chi connectivity index (χ2v) is 3.98. The van der Waals surface area contributed by atoms with Crippen molar-refractivity contribution in [3.05, 3.63) is 22.5 Å². The lowest BCUT2D eigenvalue weighted by Gasteiger charge is -2.14. The van der Waals surface area contributed by atoms with Gasteiger partial charge in [0.15, 0.2) is 0 Å². The number of nitrogens with zero attached hydrogens (tertiary/aromatic N) is 1. The third-order valence-electron chi connectivity index (χ3n) is 2.69. The lowest BCUT2D eigenvalue weighted by Crippen LogP contribution is -2.05. The average Bonchev–Trinajstić information content (AvgIpc) is 2.39. The van der Waals surface area contributed by atoms with Crippen LogP contribution in [0, 0.1) is 6.92 Å². The van der Waals surface area contributed by atoms with E-state index in [1.165, 1.54) is 11.4 Å². The van der Waals surface area contributed by atoms with Gasteiger partial charge in [-0.1, -0.05) is 25.4 Å². The van der Waals surface area contributed by atoms with Crippen LogP contribution in [0.4, 0.5) is 0 Å². The molecule has 1 aromatic heterocycles. The molecule has 2 heteroatoms. The van der Waals surface area contributed by atoms with Gasteiger partial charge >= 0.3 is 0 Å². The highest BCUT2D eigenvalue weighted by atomic mass is 35.5. The van der Waals surface area contributed by atoms with Crippen LogP contribution in [0.3, 0.4) is 0 Å². The summed E-state index contributed by atoms with van der Waals surface area (Å²) in [5, 5.41) is 0.925. The van der Waals surface area contributed by atoms with Gasteiger partial charge in [0.05, 0.1) is 5.02 Å². The molecular formula is C11H18ClN. The molecule has 1 nitrogen and oxygen atoms in total. The van der Waals surface area contributed by atoms with Gasteiger partial charge in [0.1, 0.15) is 0 Å². The summed E-state index contributed by atoms with van der Waals surface area (Å²) in [5.74, 6) is 0.557. The van der Waals surface area contributed by atoms with Crippen LogP contribution < -0.4 is 0 Å². The monoisotopic (exact) mass is 199 g/mol. The van der Waals surface area contributed by atoms with Gasteiger partial charge in [-0.05, 0) is 32.3 Å². The first-order valence-corrected chi connectivity index (χ1v) is 5.35. The highest BCUT2D eigenvalue weighted by Gasteiger charge is 2.14. The fourth-order valence-corrected chi connectivity index (χ4v) is 2.21. The summed E-state index contributed by atoms with van der Waals surface area (Å²) in [6.45, 7) is 9.71. The topological polar surface area (TPSA) is 4.93 Å². The molecule has 1 aromatic rings. The van der Waals surface area contributed by atoms with Gasteiger partial charge < -0.3 is 4.57 Å². The van der Waals surface area contributed by atoms with Crippen LogP contribution in [0.5, 0.6) is 0 Å². The molecule has 0 aromatic carbocycles. The van der Waals surface area contributed by atoms with E-state index in [1.807, 2.05) is 0 Å². The first-order chi connectivity index (χ1) is 6.11. The normalized spacial score (nSPS) is 13.3. The van der Waals surface area contributed by atoms with Crippen molar-refractivity contribution in [3.63, 3.8) is 0 Å². The van der Waals surface area contributed by atoms with Crippen molar-refractivity contribution in [3.8, 4) is 0 Å². The van der Waals surface area contributed by atoms with Crippen molar-refractivity contribution in [2.24, 2.45) is 0 Å². The van der Waals surface area contributed by atoms with Gasteiger partial charge in [0, 0.05) is 17.9 Å². The van der Waals surface area contributed by atoms with Crippen molar-refractivity contribution in [2.45, 2.75) is 46.6 Å². The third kappa shape index (κ3) is 1.91. The largest absolute Gasteiger partial charge is 0.347 e. The standard InChI is InChI=1S/C11H18ClN/c1-5-8(3)11-10(12)7-9(4)13(11)6-2/h7-8H,5-6H2,1-4H3. The molecule has 1 atom stereocenters. The van der Waals surface area contributed by atoms with E-state index in [1.54, 1.807) is 0 Å². The van der Waals surface area contributed by atoms with E-state index in [0.29, 0.717) is 5.92 Å². The predicted molar refractivity (Wildman–Crippen MR) is 58.6 cm³/mol. The molecule has 0 aliphatic carbocycles. The zero-order valence-electron chi connectivity index (χ0n) is 8.89. The number of hydrogen-bond donors (Lipinski definition) is 0. The molecule has 1 heterocycles. The van der Waals surface area contributed by atoms with Gasteiger partial charge in [-0.25, -0.2) is 0 Å². The second-order valence-electron chi connectivity index (χ2n) is 3.57. The van der Waals surface area contributed by atoms with Crippen LogP contribution in [-0.2, 0) is 6.54 Å². The van der Waals surface area contributed by atoms with Gasteiger partial charge in [0.25, 0.3) is 0 Å². The summed E-state index contributed by atoms with van der Waals surface area (Å²) >= 11 is 6.18. The molecule has 0 aliphatic heterocycles. The summed E-state index contributed by atoms with van der Waals surface area (Å²) in [6.07, 6.45) is 1.14. The number of aromatic nitrogens is 1. The first-order valence-electron chi connectivity index (χ1n) is 4.97. The molecule has 0 saturated heterocycles. The minimum Gasteiger partial charge on any atom is -0.347 e. The zero-order valence-corrected chi connectivity index (χ0v) is 9.65. The Kier molecular flexibility index (Phi) is 3.43. The van der Waals surface area contributed by atoms with E-state index >= 15 is 0 Å². The summed E-state index contributed by atoms with van der Waals surface area (Å²) in [6, 6.07) is 2.06. The number of hydrogen-bond acceptors (Lipinski definition) is 0. The fourth-order valence-electron chi connectivity index (χ4n) is 1.77. The molecule has 0 saturated carbocycles. The van der Waals surface area contributed by atoms with Crippen LogP contribution in [0.25, 0.3) is 0 Å². The highest BCUT2D eigenvalue weighted by Crippen LogP contribution is 2.29. The zero-order chi connectivity index (χ0) is 10.0. The van der Waals surface area contributed by atoms with E-state index < -0.39 is 0 Å². The average molecular weight is 200 g/mol. The lowest BCUT2D eigenvalue weighted by molar-refractivity contribution is 0.618. The van der Waals surface area contributed by atoms with Crippen molar-refractivity contribution in [1.82, 2.24) is 4.57 Å². The summed E-state index contributed by atoms with van der Waals surface area (Å²) in [5.41, 5.74) is 2.56. The molecule has 0 bridgehead atoms. The van der Waals surface area contributed by atoms with E-state index in [4.69, 9.17) is 11.6 Å². The van der Waals surface area contributed by atoms with Crippen LogP contribution in [0.2, 0.25) is 5.02 Å². The summed E-state index contributed by atoms with van der Waals surface area (Å²) in [7, 11) is 0.